The maximum absolute atomic E-state index is 12.4. The maximum atomic E-state index is 12.4. The maximum Gasteiger partial charge on any atom is 0.408 e. The minimum Gasteiger partial charge on any atom is -0.330 e. The van der Waals surface area contributed by atoms with Gasteiger partial charge in [-0.25, -0.2) is 4.98 Å². The van der Waals surface area contributed by atoms with Gasteiger partial charge in [0.2, 0.25) is 5.91 Å². The number of halogens is 3. The molecule has 2 aromatic heterocycles. The molecular weight excluding hydrogens is 493 g/mol. The van der Waals surface area contributed by atoms with E-state index >= 15 is 0 Å². The summed E-state index contributed by atoms with van der Waals surface area (Å²) in [6.07, 6.45) is 0.0323. The largest absolute Gasteiger partial charge is 0.408 e. The van der Waals surface area contributed by atoms with Gasteiger partial charge in [0.1, 0.15) is 12.4 Å². The molecule has 0 spiro atoms. The summed E-state index contributed by atoms with van der Waals surface area (Å²) in [5, 5.41) is 14.9. The first-order valence-corrected chi connectivity index (χ1v) is 11.8. The fourth-order valence-corrected chi connectivity index (χ4v) is 3.41. The minimum atomic E-state index is -4.32. The first kappa shape index (κ1) is 28.1. The quantitative estimate of drug-likeness (QED) is 0.343. The number of nitrogens with zero attached hydrogens (tertiary/aromatic N) is 4. The van der Waals surface area contributed by atoms with Crippen molar-refractivity contribution in [2.24, 2.45) is 5.73 Å². The van der Waals surface area contributed by atoms with Crippen LogP contribution in [-0.4, -0.2) is 33.4 Å². The van der Waals surface area contributed by atoms with Gasteiger partial charge in [-0.3, -0.25) is 9.48 Å². The van der Waals surface area contributed by atoms with E-state index in [4.69, 9.17) is 11.0 Å². The summed E-state index contributed by atoms with van der Waals surface area (Å²) in [5.41, 5.74) is 9.41. The zero-order valence-corrected chi connectivity index (χ0v) is 20.7. The second-order valence-electron chi connectivity index (χ2n) is 8.55. The molecule has 3 N–H and O–H groups in total. The van der Waals surface area contributed by atoms with Gasteiger partial charge in [0.05, 0.1) is 24.3 Å². The second-order valence-corrected chi connectivity index (χ2v) is 8.55. The van der Waals surface area contributed by atoms with E-state index in [0.717, 1.165) is 10.2 Å². The standard InChI is InChI=1S/C18H15F3N4O.C10H12N2/c19-18(20,21)12-25-11-15(10-23-25)14-6-7-16(22-9-14)24-17(26)8-13-4-2-1-3-5-13;1-8(6-11)10-4-2-9(7-12)3-5-10/h1-7,9-11H,8,12H2,(H,22,24,26);2-5,8H,6,11H2,1H3. The molecule has 0 saturated heterocycles. The lowest BCUT2D eigenvalue weighted by Gasteiger charge is -2.07. The lowest BCUT2D eigenvalue weighted by molar-refractivity contribution is -0.142. The molecule has 2 aromatic carbocycles. The van der Waals surface area contributed by atoms with Crippen LogP contribution in [0.2, 0.25) is 0 Å². The Bertz CT molecular complexity index is 1340. The molecule has 0 aliphatic rings. The molecule has 0 radical (unpaired) electrons. The summed E-state index contributed by atoms with van der Waals surface area (Å²) in [6, 6.07) is 22.2. The number of carbonyl (C=O) groups excluding carboxylic acids is 1. The summed E-state index contributed by atoms with van der Waals surface area (Å²) in [5.74, 6) is 0.546. The Kier molecular flexibility index (Phi) is 9.73. The van der Waals surface area contributed by atoms with E-state index < -0.39 is 12.7 Å². The Morgan fingerprint density at radius 1 is 1.05 bits per heavy atom. The molecule has 0 bridgehead atoms. The highest BCUT2D eigenvalue weighted by molar-refractivity contribution is 5.91. The zero-order valence-electron chi connectivity index (χ0n) is 20.7. The first-order valence-electron chi connectivity index (χ1n) is 11.8. The summed E-state index contributed by atoms with van der Waals surface area (Å²) in [6.45, 7) is 1.57. The number of nitriles is 1. The van der Waals surface area contributed by atoms with Crippen LogP contribution in [0.4, 0.5) is 19.0 Å². The van der Waals surface area contributed by atoms with E-state index in [-0.39, 0.29) is 12.3 Å². The Balaban J connectivity index is 0.000000279. The van der Waals surface area contributed by atoms with E-state index in [1.807, 2.05) is 54.6 Å². The number of nitrogens with two attached hydrogens (primary N) is 1. The first-order chi connectivity index (χ1) is 18.2. The Morgan fingerprint density at radius 2 is 1.76 bits per heavy atom. The number of rotatable bonds is 7. The third-order valence-electron chi connectivity index (χ3n) is 5.51. The highest BCUT2D eigenvalue weighted by Crippen LogP contribution is 2.22. The van der Waals surface area contributed by atoms with E-state index in [9.17, 15) is 18.0 Å². The molecule has 2 heterocycles. The third kappa shape index (κ3) is 8.87. The number of hydrogen-bond donors (Lipinski definition) is 2. The van der Waals surface area contributed by atoms with Crippen molar-refractivity contribution in [1.29, 1.82) is 5.26 Å². The van der Waals surface area contributed by atoms with Gasteiger partial charge in [-0.15, -0.1) is 0 Å². The zero-order chi connectivity index (χ0) is 27.5. The number of anilines is 1. The van der Waals surface area contributed by atoms with Gasteiger partial charge in [0.25, 0.3) is 0 Å². The summed E-state index contributed by atoms with van der Waals surface area (Å²) in [7, 11) is 0. The Hall–Kier alpha value is -4.49. The fourth-order valence-electron chi connectivity index (χ4n) is 3.41. The molecule has 1 amide bonds. The number of hydrogen-bond acceptors (Lipinski definition) is 5. The highest BCUT2D eigenvalue weighted by atomic mass is 19.4. The van der Waals surface area contributed by atoms with Crippen molar-refractivity contribution in [2.75, 3.05) is 11.9 Å². The molecule has 4 aromatic rings. The topological polar surface area (TPSA) is 110 Å². The molecule has 196 valence electrons. The van der Waals surface area contributed by atoms with Gasteiger partial charge in [0, 0.05) is 23.5 Å². The van der Waals surface area contributed by atoms with Crippen LogP contribution >= 0.6 is 0 Å². The molecule has 1 atom stereocenters. The van der Waals surface area contributed by atoms with E-state index in [2.05, 4.69) is 28.4 Å². The lowest BCUT2D eigenvalue weighted by atomic mass is 10.0. The average Bonchev–Trinajstić information content (AvgIpc) is 3.36. The van der Waals surface area contributed by atoms with Gasteiger partial charge in [0.15, 0.2) is 0 Å². The van der Waals surface area contributed by atoms with Crippen LogP contribution in [0.25, 0.3) is 11.1 Å². The number of aromatic nitrogens is 3. The smallest absolute Gasteiger partial charge is 0.330 e. The van der Waals surface area contributed by atoms with Crippen LogP contribution in [0.15, 0.2) is 85.3 Å². The van der Waals surface area contributed by atoms with Crippen molar-refractivity contribution in [3.8, 4) is 17.2 Å². The van der Waals surface area contributed by atoms with Gasteiger partial charge >= 0.3 is 6.18 Å². The summed E-state index contributed by atoms with van der Waals surface area (Å²) >= 11 is 0. The van der Waals surface area contributed by atoms with Crippen molar-refractivity contribution in [2.45, 2.75) is 32.0 Å². The predicted octanol–water partition coefficient (Wildman–Crippen LogP) is 5.31. The average molecular weight is 521 g/mol. The van der Waals surface area contributed by atoms with E-state index in [1.165, 1.54) is 24.2 Å². The van der Waals surface area contributed by atoms with Crippen molar-refractivity contribution < 1.29 is 18.0 Å². The second kappa shape index (κ2) is 13.2. The van der Waals surface area contributed by atoms with E-state index in [1.54, 1.807) is 12.1 Å². The molecule has 0 fully saturated rings. The van der Waals surface area contributed by atoms with E-state index in [0.29, 0.717) is 35.0 Å². The van der Waals surface area contributed by atoms with Crippen LogP contribution in [0, 0.1) is 11.3 Å². The molecule has 10 heteroatoms. The van der Waals surface area contributed by atoms with Crippen LogP contribution in [0.1, 0.15) is 29.5 Å². The third-order valence-corrected chi connectivity index (χ3v) is 5.51. The number of benzene rings is 2. The van der Waals surface area contributed by atoms with Crippen molar-refractivity contribution in [1.82, 2.24) is 14.8 Å². The monoisotopic (exact) mass is 520 g/mol. The number of amides is 1. The predicted molar refractivity (Wildman–Crippen MR) is 139 cm³/mol. The molecule has 4 rings (SSSR count). The molecule has 0 aliphatic carbocycles. The van der Waals surface area contributed by atoms with Gasteiger partial charge < -0.3 is 11.1 Å². The van der Waals surface area contributed by atoms with Gasteiger partial charge in [-0.2, -0.15) is 23.5 Å². The van der Waals surface area contributed by atoms with Gasteiger partial charge in [-0.05, 0) is 47.9 Å². The number of pyridine rings is 1. The fraction of sp³-hybridized carbons (Fsp3) is 0.214. The van der Waals surface area contributed by atoms with Crippen LogP contribution in [-0.2, 0) is 17.8 Å². The number of nitrogens with one attached hydrogen (secondary N) is 1. The molecule has 0 aliphatic heterocycles. The van der Waals surface area contributed by atoms with Crippen molar-refractivity contribution in [3.63, 3.8) is 0 Å². The number of alkyl halides is 3. The molecule has 0 saturated carbocycles. The SMILES string of the molecule is CC(CN)c1ccc(C#N)cc1.O=C(Cc1ccccc1)Nc1ccc(-c2cnn(CC(F)(F)F)c2)cn1. The van der Waals surface area contributed by atoms with Crippen LogP contribution in [0.5, 0.6) is 0 Å². The Labute approximate surface area is 218 Å². The highest BCUT2D eigenvalue weighted by Gasteiger charge is 2.28. The molecule has 1 unspecified atom stereocenters. The summed E-state index contributed by atoms with van der Waals surface area (Å²) < 4.78 is 37.9. The van der Waals surface area contributed by atoms with Crippen LogP contribution < -0.4 is 11.1 Å². The number of carbonyl (C=O) groups is 1. The van der Waals surface area contributed by atoms with Crippen molar-refractivity contribution in [3.05, 3.63) is 102 Å². The van der Waals surface area contributed by atoms with Gasteiger partial charge in [-0.1, -0.05) is 49.4 Å². The molecule has 7 nitrogen and oxygen atoms in total. The Morgan fingerprint density at radius 3 is 2.34 bits per heavy atom. The molecule has 38 heavy (non-hydrogen) atoms. The lowest BCUT2D eigenvalue weighted by Crippen LogP contribution is -2.17. The normalized spacial score (nSPS) is 11.6. The molecular formula is C28H27F3N6O. The van der Waals surface area contributed by atoms with Crippen LogP contribution in [0.3, 0.4) is 0 Å². The summed E-state index contributed by atoms with van der Waals surface area (Å²) in [4.78, 5) is 16.1. The van der Waals surface area contributed by atoms with Crippen molar-refractivity contribution >= 4 is 11.7 Å². The minimum absolute atomic E-state index is 0.200.